The van der Waals surface area contributed by atoms with Crippen LogP contribution in [0, 0.1) is 6.92 Å². The molecule has 4 nitrogen and oxygen atoms in total. The summed E-state index contributed by atoms with van der Waals surface area (Å²) in [7, 11) is 0. The minimum atomic E-state index is -0.246. The van der Waals surface area contributed by atoms with Gasteiger partial charge in [-0.1, -0.05) is 89.8 Å². The van der Waals surface area contributed by atoms with Gasteiger partial charge >= 0.3 is 0 Å². The predicted octanol–water partition coefficient (Wildman–Crippen LogP) is 6.48. The number of rotatable bonds is 7. The first-order valence-electron chi connectivity index (χ1n) is 9.82. The van der Waals surface area contributed by atoms with E-state index < -0.39 is 0 Å². The van der Waals surface area contributed by atoms with E-state index in [9.17, 15) is 4.79 Å². The van der Waals surface area contributed by atoms with E-state index in [1.807, 2.05) is 60.7 Å². The molecule has 0 saturated carbocycles. The highest BCUT2D eigenvalue weighted by Gasteiger charge is 2.17. The van der Waals surface area contributed by atoms with Crippen LogP contribution in [0.25, 0.3) is 0 Å². The van der Waals surface area contributed by atoms with E-state index in [-0.39, 0.29) is 5.91 Å². The predicted molar refractivity (Wildman–Crippen MR) is 128 cm³/mol. The monoisotopic (exact) mass is 443 g/mol. The Morgan fingerprint density at radius 3 is 2.29 bits per heavy atom. The number of aryl methyl sites for hydroxylation is 1. The Labute approximate surface area is 190 Å². The number of hydrogen-bond acceptors (Lipinski definition) is 5. The molecule has 4 aromatic rings. The van der Waals surface area contributed by atoms with Gasteiger partial charge in [-0.05, 0) is 36.8 Å². The largest absolute Gasteiger partial charge is 0.321 e. The van der Waals surface area contributed by atoms with E-state index in [0.717, 1.165) is 21.2 Å². The maximum Gasteiger partial charge on any atom is 0.275 e. The number of anilines is 1. The number of carbonyl (C=O) groups excluding carboxylic acids is 1. The fourth-order valence-electron chi connectivity index (χ4n) is 2.83. The zero-order valence-corrected chi connectivity index (χ0v) is 18.6. The van der Waals surface area contributed by atoms with Gasteiger partial charge in [-0.25, -0.2) is 9.97 Å². The van der Waals surface area contributed by atoms with Crippen molar-refractivity contribution in [3.8, 4) is 0 Å². The average molecular weight is 444 g/mol. The number of carbonyl (C=O) groups is 1. The third kappa shape index (κ3) is 5.96. The first-order chi connectivity index (χ1) is 15.2. The molecule has 1 amide bonds. The van der Waals surface area contributed by atoms with Crippen molar-refractivity contribution in [1.82, 2.24) is 9.97 Å². The highest BCUT2D eigenvalue weighted by molar-refractivity contribution is 7.99. The van der Waals surface area contributed by atoms with Crippen LogP contribution in [0.15, 0.2) is 106 Å². The number of aromatic nitrogens is 2. The third-order valence-corrected chi connectivity index (χ3v) is 6.40. The van der Waals surface area contributed by atoms with Gasteiger partial charge in [0, 0.05) is 22.5 Å². The van der Waals surface area contributed by atoms with Crippen LogP contribution in [-0.4, -0.2) is 15.9 Å². The molecule has 0 aliphatic rings. The van der Waals surface area contributed by atoms with Gasteiger partial charge in [0.05, 0.1) is 4.90 Å². The molecule has 0 aliphatic heterocycles. The molecule has 0 saturated heterocycles. The molecule has 1 N–H and O–H groups in total. The lowest BCUT2D eigenvalue weighted by atomic mass is 10.2. The van der Waals surface area contributed by atoms with Gasteiger partial charge in [-0.2, -0.15) is 0 Å². The summed E-state index contributed by atoms with van der Waals surface area (Å²) in [5, 5.41) is 3.52. The average Bonchev–Trinajstić information content (AvgIpc) is 2.81. The molecule has 154 valence electrons. The minimum Gasteiger partial charge on any atom is -0.321 e. The first kappa shape index (κ1) is 21.2. The summed E-state index contributed by atoms with van der Waals surface area (Å²) in [6.07, 6.45) is 1.74. The van der Waals surface area contributed by atoms with Gasteiger partial charge in [-0.15, -0.1) is 0 Å². The lowest BCUT2D eigenvalue weighted by molar-refractivity contribution is 0.101. The van der Waals surface area contributed by atoms with E-state index >= 15 is 0 Å². The molecule has 1 aromatic heterocycles. The van der Waals surface area contributed by atoms with Crippen molar-refractivity contribution in [2.75, 3.05) is 5.32 Å². The smallest absolute Gasteiger partial charge is 0.275 e. The lowest BCUT2D eigenvalue weighted by Gasteiger charge is -2.11. The molecule has 0 fully saturated rings. The summed E-state index contributed by atoms with van der Waals surface area (Å²) in [6, 6.07) is 27.7. The number of benzene rings is 3. The minimum absolute atomic E-state index is 0.246. The van der Waals surface area contributed by atoms with Gasteiger partial charge in [-0.3, -0.25) is 4.79 Å². The summed E-state index contributed by atoms with van der Waals surface area (Å²) in [5.41, 5.74) is 3.48. The molecule has 3 aromatic carbocycles. The van der Waals surface area contributed by atoms with Crippen LogP contribution in [0.3, 0.4) is 0 Å². The maximum atomic E-state index is 13.1. The van der Waals surface area contributed by atoms with Crippen molar-refractivity contribution in [3.63, 3.8) is 0 Å². The van der Waals surface area contributed by atoms with Gasteiger partial charge in [0.2, 0.25) is 0 Å². The van der Waals surface area contributed by atoms with Crippen LogP contribution in [-0.2, 0) is 5.75 Å². The quantitative estimate of drug-likeness (QED) is 0.262. The Hall–Kier alpha value is -3.09. The SMILES string of the molecule is Cc1ccc(Sc2cnc(SCc3ccccc3)nc2C(=O)Nc2ccccc2)cc1. The Morgan fingerprint density at radius 2 is 1.58 bits per heavy atom. The Morgan fingerprint density at radius 1 is 0.903 bits per heavy atom. The number of thioether (sulfide) groups is 1. The second-order valence-corrected chi connectivity index (χ2v) is 8.93. The molecule has 4 rings (SSSR count). The second-order valence-electron chi connectivity index (χ2n) is 6.87. The second kappa shape index (κ2) is 10.3. The van der Waals surface area contributed by atoms with Crippen molar-refractivity contribution in [2.45, 2.75) is 27.6 Å². The van der Waals surface area contributed by atoms with Crippen LogP contribution >= 0.6 is 23.5 Å². The topological polar surface area (TPSA) is 54.9 Å². The van der Waals surface area contributed by atoms with Gasteiger partial charge in [0.1, 0.15) is 5.69 Å². The fourth-order valence-corrected chi connectivity index (χ4v) is 4.47. The maximum absolute atomic E-state index is 13.1. The van der Waals surface area contributed by atoms with Crippen LogP contribution in [0.5, 0.6) is 0 Å². The fraction of sp³-hybridized carbons (Fsp3) is 0.0800. The highest BCUT2D eigenvalue weighted by Crippen LogP contribution is 2.31. The molecule has 0 atom stereocenters. The van der Waals surface area contributed by atoms with Gasteiger partial charge in [0.15, 0.2) is 5.16 Å². The van der Waals surface area contributed by atoms with Crippen molar-refractivity contribution < 1.29 is 4.79 Å². The Kier molecular flexibility index (Phi) is 7.02. The normalized spacial score (nSPS) is 10.6. The van der Waals surface area contributed by atoms with E-state index in [2.05, 4.69) is 46.5 Å². The van der Waals surface area contributed by atoms with Crippen molar-refractivity contribution in [3.05, 3.63) is 108 Å². The summed E-state index contributed by atoms with van der Waals surface area (Å²) >= 11 is 3.01. The molecular weight excluding hydrogens is 422 g/mol. The van der Waals surface area contributed by atoms with Crippen LogP contribution in [0.4, 0.5) is 5.69 Å². The summed E-state index contributed by atoms with van der Waals surface area (Å²) in [5.74, 6) is 0.496. The van der Waals surface area contributed by atoms with Crippen molar-refractivity contribution >= 4 is 35.1 Å². The standard InChI is InChI=1S/C25H21N3OS2/c1-18-12-14-21(15-13-18)31-22-16-26-25(30-17-19-8-4-2-5-9-19)28-23(22)24(29)27-20-10-6-3-7-11-20/h2-16H,17H2,1H3,(H,27,29). The van der Waals surface area contributed by atoms with E-state index in [1.54, 1.807) is 6.20 Å². The lowest BCUT2D eigenvalue weighted by Crippen LogP contribution is -2.15. The summed E-state index contributed by atoms with van der Waals surface area (Å²) in [6.45, 7) is 2.05. The molecule has 0 aliphatic carbocycles. The first-order valence-corrected chi connectivity index (χ1v) is 11.6. The zero-order chi connectivity index (χ0) is 21.5. The van der Waals surface area contributed by atoms with E-state index in [0.29, 0.717) is 10.9 Å². The van der Waals surface area contributed by atoms with E-state index in [1.165, 1.54) is 34.7 Å². The molecule has 0 bridgehead atoms. The molecule has 0 radical (unpaired) electrons. The van der Waals surface area contributed by atoms with Crippen molar-refractivity contribution in [1.29, 1.82) is 0 Å². The molecule has 31 heavy (non-hydrogen) atoms. The van der Waals surface area contributed by atoms with Crippen molar-refractivity contribution in [2.24, 2.45) is 0 Å². The number of nitrogens with zero attached hydrogens (tertiary/aromatic N) is 2. The van der Waals surface area contributed by atoms with Gasteiger partial charge < -0.3 is 5.32 Å². The third-order valence-electron chi connectivity index (χ3n) is 4.44. The molecular formula is C25H21N3OS2. The van der Waals surface area contributed by atoms with E-state index in [4.69, 9.17) is 0 Å². The molecule has 0 unspecified atom stereocenters. The van der Waals surface area contributed by atoms with Gasteiger partial charge in [0.25, 0.3) is 5.91 Å². The summed E-state index contributed by atoms with van der Waals surface area (Å²) in [4.78, 5) is 24.0. The van der Waals surface area contributed by atoms with Crippen LogP contribution in [0.2, 0.25) is 0 Å². The number of para-hydroxylation sites is 1. The van der Waals surface area contributed by atoms with Crippen LogP contribution in [0.1, 0.15) is 21.6 Å². The summed E-state index contributed by atoms with van der Waals surface area (Å²) < 4.78 is 0. The molecule has 1 heterocycles. The Bertz CT molecular complexity index is 1150. The molecule has 6 heteroatoms. The number of amides is 1. The zero-order valence-electron chi connectivity index (χ0n) is 17.0. The Balaban J connectivity index is 1.59. The number of nitrogens with one attached hydrogen (secondary N) is 1. The number of hydrogen-bond donors (Lipinski definition) is 1. The molecule has 0 spiro atoms. The van der Waals surface area contributed by atoms with Crippen LogP contribution < -0.4 is 5.32 Å². The highest BCUT2D eigenvalue weighted by atomic mass is 32.2.